The van der Waals surface area contributed by atoms with Crippen LogP contribution in [0.2, 0.25) is 0 Å². The summed E-state index contributed by atoms with van der Waals surface area (Å²) in [6.45, 7) is 7.90. The fraction of sp³-hybridized carbons (Fsp3) is 0.625. The summed E-state index contributed by atoms with van der Waals surface area (Å²) in [7, 11) is 2.17. The first-order valence-electron chi connectivity index (χ1n) is 7.11. The van der Waals surface area contributed by atoms with Gasteiger partial charge < -0.3 is 15.4 Å². The zero-order chi connectivity index (χ0) is 14.0. The van der Waals surface area contributed by atoms with E-state index in [9.17, 15) is 0 Å². The molecule has 1 aliphatic heterocycles. The van der Waals surface area contributed by atoms with Gasteiger partial charge in [0.15, 0.2) is 0 Å². The predicted octanol–water partition coefficient (Wildman–Crippen LogP) is 2.64. The largest absolute Gasteiger partial charge is 0.378 e. The summed E-state index contributed by atoms with van der Waals surface area (Å²) in [5.41, 5.74) is 10.0. The van der Waals surface area contributed by atoms with Gasteiger partial charge in [0.2, 0.25) is 0 Å². The van der Waals surface area contributed by atoms with Crippen LogP contribution in [0.3, 0.4) is 0 Å². The Morgan fingerprint density at radius 1 is 1.32 bits per heavy atom. The summed E-state index contributed by atoms with van der Waals surface area (Å²) in [6.07, 6.45) is 2.27. The number of aryl methyl sites for hydroxylation is 2. The van der Waals surface area contributed by atoms with Gasteiger partial charge in [-0.1, -0.05) is 6.07 Å². The number of nitrogens with two attached hydrogens (primary N) is 1. The van der Waals surface area contributed by atoms with Crippen molar-refractivity contribution in [3.8, 4) is 0 Å². The van der Waals surface area contributed by atoms with E-state index in [0.29, 0.717) is 6.54 Å². The molecule has 0 radical (unpaired) electrons. The minimum atomic E-state index is 0.0257. The molecule has 2 atom stereocenters. The van der Waals surface area contributed by atoms with Gasteiger partial charge in [-0.15, -0.1) is 0 Å². The molecule has 2 rings (SSSR count). The fourth-order valence-corrected chi connectivity index (χ4v) is 3.19. The van der Waals surface area contributed by atoms with Crippen molar-refractivity contribution >= 4 is 5.69 Å². The Kier molecular flexibility index (Phi) is 4.16. The molecule has 3 heteroatoms. The zero-order valence-corrected chi connectivity index (χ0v) is 12.6. The van der Waals surface area contributed by atoms with Gasteiger partial charge in [0.1, 0.15) is 0 Å². The number of benzene rings is 1. The third-order valence-corrected chi connectivity index (χ3v) is 4.32. The quantitative estimate of drug-likeness (QED) is 0.910. The van der Waals surface area contributed by atoms with Gasteiger partial charge >= 0.3 is 0 Å². The van der Waals surface area contributed by atoms with Gasteiger partial charge in [0, 0.05) is 25.9 Å². The highest BCUT2D eigenvalue weighted by atomic mass is 16.5. The van der Waals surface area contributed by atoms with Crippen LogP contribution in [0.15, 0.2) is 18.2 Å². The van der Waals surface area contributed by atoms with Crippen molar-refractivity contribution in [2.45, 2.75) is 45.3 Å². The second-order valence-electron chi connectivity index (χ2n) is 5.97. The minimum Gasteiger partial charge on any atom is -0.378 e. The lowest BCUT2D eigenvalue weighted by molar-refractivity contribution is -0.00638. The summed E-state index contributed by atoms with van der Waals surface area (Å²) >= 11 is 0. The van der Waals surface area contributed by atoms with Crippen LogP contribution in [0, 0.1) is 13.8 Å². The topological polar surface area (TPSA) is 38.5 Å². The number of hydrogen-bond donors (Lipinski definition) is 1. The van der Waals surface area contributed by atoms with E-state index in [0.717, 1.165) is 19.4 Å². The molecule has 0 spiro atoms. The first-order chi connectivity index (χ1) is 8.97. The highest BCUT2D eigenvalue weighted by molar-refractivity contribution is 5.52. The molecule has 1 fully saturated rings. The molecular weight excluding hydrogens is 236 g/mol. The van der Waals surface area contributed by atoms with Gasteiger partial charge in [-0.3, -0.25) is 0 Å². The van der Waals surface area contributed by atoms with E-state index in [4.69, 9.17) is 10.5 Å². The summed E-state index contributed by atoms with van der Waals surface area (Å²) in [4.78, 5) is 2.37. The summed E-state index contributed by atoms with van der Waals surface area (Å²) < 4.78 is 5.69. The summed E-state index contributed by atoms with van der Waals surface area (Å²) in [5, 5.41) is 0. The molecule has 2 unspecified atom stereocenters. The Balaban J connectivity index is 2.31. The average molecular weight is 262 g/mol. The van der Waals surface area contributed by atoms with Gasteiger partial charge in [-0.2, -0.15) is 0 Å². The molecule has 2 N–H and O–H groups in total. The summed E-state index contributed by atoms with van der Waals surface area (Å²) in [5.74, 6) is 0. The Labute approximate surface area is 116 Å². The molecule has 0 aromatic heterocycles. The number of likely N-dealkylation sites (N-methyl/N-ethyl adjacent to an activating group) is 1. The Bertz CT molecular complexity index is 426. The van der Waals surface area contributed by atoms with Crippen molar-refractivity contribution in [2.75, 3.05) is 25.1 Å². The molecule has 106 valence electrons. The standard InChI is InChI=1S/C16H26N2O/c1-12-7-13(2)9-15(8-12)18(4)16(11-17)5-6-19-14(3)10-16/h7-9,14H,5-6,10-11,17H2,1-4H3. The number of rotatable bonds is 3. The van der Waals surface area contributed by atoms with E-state index in [1.54, 1.807) is 0 Å². The molecule has 0 bridgehead atoms. The highest BCUT2D eigenvalue weighted by Gasteiger charge is 2.38. The number of hydrogen-bond acceptors (Lipinski definition) is 3. The van der Waals surface area contributed by atoms with Crippen molar-refractivity contribution in [2.24, 2.45) is 5.73 Å². The van der Waals surface area contributed by atoms with E-state index >= 15 is 0 Å². The SMILES string of the molecule is Cc1cc(C)cc(N(C)C2(CN)CCOC(C)C2)c1. The maximum Gasteiger partial charge on any atom is 0.0569 e. The minimum absolute atomic E-state index is 0.0257. The van der Waals surface area contributed by atoms with Crippen LogP contribution in [0.1, 0.15) is 30.9 Å². The van der Waals surface area contributed by atoms with Crippen LogP contribution in [0.5, 0.6) is 0 Å². The fourth-order valence-electron chi connectivity index (χ4n) is 3.19. The summed E-state index contributed by atoms with van der Waals surface area (Å²) in [6, 6.07) is 6.69. The average Bonchev–Trinajstić information content (AvgIpc) is 2.36. The predicted molar refractivity (Wildman–Crippen MR) is 80.8 cm³/mol. The molecule has 0 aliphatic carbocycles. The third kappa shape index (κ3) is 2.93. The van der Waals surface area contributed by atoms with Crippen molar-refractivity contribution < 1.29 is 4.74 Å². The first kappa shape index (κ1) is 14.4. The van der Waals surface area contributed by atoms with Crippen LogP contribution in [0.4, 0.5) is 5.69 Å². The van der Waals surface area contributed by atoms with Crippen LogP contribution in [-0.2, 0) is 4.74 Å². The first-order valence-corrected chi connectivity index (χ1v) is 7.11. The van der Waals surface area contributed by atoms with Crippen LogP contribution in [-0.4, -0.2) is 31.8 Å². The molecule has 1 heterocycles. The second kappa shape index (κ2) is 5.51. The Morgan fingerprint density at radius 3 is 2.47 bits per heavy atom. The van der Waals surface area contributed by atoms with Crippen LogP contribution >= 0.6 is 0 Å². The lowest BCUT2D eigenvalue weighted by Crippen LogP contribution is -2.57. The molecule has 1 aromatic rings. The van der Waals surface area contributed by atoms with Crippen LogP contribution < -0.4 is 10.6 Å². The molecule has 3 nitrogen and oxygen atoms in total. The maximum absolute atomic E-state index is 6.12. The molecular formula is C16H26N2O. The highest BCUT2D eigenvalue weighted by Crippen LogP contribution is 2.33. The monoisotopic (exact) mass is 262 g/mol. The molecule has 1 saturated heterocycles. The van der Waals surface area contributed by atoms with E-state index in [-0.39, 0.29) is 11.6 Å². The van der Waals surface area contributed by atoms with Crippen molar-refractivity contribution in [1.82, 2.24) is 0 Å². The number of anilines is 1. The Hall–Kier alpha value is -1.06. The smallest absolute Gasteiger partial charge is 0.0569 e. The van der Waals surface area contributed by atoms with E-state index < -0.39 is 0 Å². The molecule has 0 amide bonds. The molecule has 1 aromatic carbocycles. The number of ether oxygens (including phenoxy) is 1. The van der Waals surface area contributed by atoms with Gasteiger partial charge in [0.25, 0.3) is 0 Å². The van der Waals surface area contributed by atoms with Crippen LogP contribution in [0.25, 0.3) is 0 Å². The zero-order valence-electron chi connectivity index (χ0n) is 12.6. The van der Waals surface area contributed by atoms with Crippen molar-refractivity contribution in [3.05, 3.63) is 29.3 Å². The second-order valence-corrected chi connectivity index (χ2v) is 5.97. The van der Waals surface area contributed by atoms with Gasteiger partial charge in [-0.05, 0) is 56.9 Å². The molecule has 0 saturated carbocycles. The Morgan fingerprint density at radius 2 is 1.95 bits per heavy atom. The lowest BCUT2D eigenvalue weighted by Gasteiger charge is -2.47. The number of nitrogens with zero attached hydrogens (tertiary/aromatic N) is 1. The van der Waals surface area contributed by atoms with Crippen molar-refractivity contribution in [1.29, 1.82) is 0 Å². The molecule has 19 heavy (non-hydrogen) atoms. The van der Waals surface area contributed by atoms with E-state index in [2.05, 4.69) is 50.9 Å². The lowest BCUT2D eigenvalue weighted by atomic mass is 9.85. The van der Waals surface area contributed by atoms with E-state index in [1.165, 1.54) is 16.8 Å². The van der Waals surface area contributed by atoms with Gasteiger partial charge in [-0.25, -0.2) is 0 Å². The van der Waals surface area contributed by atoms with E-state index in [1.807, 2.05) is 0 Å². The maximum atomic E-state index is 6.12. The van der Waals surface area contributed by atoms with Gasteiger partial charge in [0.05, 0.1) is 11.6 Å². The third-order valence-electron chi connectivity index (χ3n) is 4.32. The normalized spacial score (nSPS) is 27.3. The van der Waals surface area contributed by atoms with Crippen molar-refractivity contribution in [3.63, 3.8) is 0 Å². The molecule has 1 aliphatic rings.